The van der Waals surface area contributed by atoms with Crippen LogP contribution in [-0.2, 0) is 9.53 Å². The number of ether oxygens (including phenoxy) is 1. The molecule has 21 heavy (non-hydrogen) atoms. The molecule has 1 amide bonds. The Labute approximate surface area is 139 Å². The summed E-state index contributed by atoms with van der Waals surface area (Å²) in [5.74, 6) is 0.190. The van der Waals surface area contributed by atoms with Crippen LogP contribution in [0.15, 0.2) is 0 Å². The van der Waals surface area contributed by atoms with Crippen LogP contribution in [0.4, 0.5) is 0 Å². The zero-order valence-corrected chi connectivity index (χ0v) is 15.6. The van der Waals surface area contributed by atoms with Gasteiger partial charge in [-0.25, -0.2) is 0 Å². The topological polar surface area (TPSA) is 38.3 Å². The van der Waals surface area contributed by atoms with Gasteiger partial charge in [0.1, 0.15) is 0 Å². The minimum Gasteiger partial charge on any atom is -0.384 e. The highest BCUT2D eigenvalue weighted by molar-refractivity contribution is 9.09. The fourth-order valence-corrected chi connectivity index (χ4v) is 2.81. The second-order valence-electron chi connectivity index (χ2n) is 5.77. The lowest BCUT2D eigenvalue weighted by molar-refractivity contribution is -0.121. The maximum Gasteiger partial charge on any atom is 0.219 e. The first kappa shape index (κ1) is 20.9. The molecule has 0 radical (unpaired) electrons. The Morgan fingerprint density at radius 2 is 1.62 bits per heavy atom. The predicted molar refractivity (Wildman–Crippen MR) is 94.1 cm³/mol. The Morgan fingerprint density at radius 3 is 2.19 bits per heavy atom. The van der Waals surface area contributed by atoms with Crippen LogP contribution in [0.3, 0.4) is 0 Å². The summed E-state index contributed by atoms with van der Waals surface area (Å²) in [6, 6.07) is 0. The molecule has 0 saturated carbocycles. The lowest BCUT2D eigenvalue weighted by atomic mass is 10.1. The van der Waals surface area contributed by atoms with Gasteiger partial charge in [-0.1, -0.05) is 74.2 Å². The quantitative estimate of drug-likeness (QED) is 0.334. The molecular formula is C17H34BrNO2. The van der Waals surface area contributed by atoms with Gasteiger partial charge >= 0.3 is 0 Å². The van der Waals surface area contributed by atoms with Gasteiger partial charge in [0.05, 0.1) is 6.61 Å². The normalized spacial score (nSPS) is 12.3. The van der Waals surface area contributed by atoms with E-state index in [9.17, 15) is 4.79 Å². The van der Waals surface area contributed by atoms with E-state index in [2.05, 4.69) is 28.2 Å². The van der Waals surface area contributed by atoms with Crippen LogP contribution in [0.2, 0.25) is 0 Å². The number of carbonyl (C=O) groups is 1. The highest BCUT2D eigenvalue weighted by Gasteiger charge is 2.05. The van der Waals surface area contributed by atoms with Crippen molar-refractivity contribution in [3.05, 3.63) is 0 Å². The molecule has 4 heteroatoms. The van der Waals surface area contributed by atoms with Gasteiger partial charge < -0.3 is 10.1 Å². The average molecular weight is 364 g/mol. The van der Waals surface area contributed by atoms with Crippen molar-refractivity contribution in [3.8, 4) is 0 Å². The number of methoxy groups -OCH3 is 1. The number of alkyl halides is 1. The van der Waals surface area contributed by atoms with Crippen molar-refractivity contribution in [2.45, 2.75) is 82.4 Å². The largest absolute Gasteiger partial charge is 0.384 e. The first-order valence-electron chi connectivity index (χ1n) is 8.60. The third-order valence-corrected chi connectivity index (χ3v) is 4.36. The highest BCUT2D eigenvalue weighted by atomic mass is 79.9. The monoisotopic (exact) mass is 363 g/mol. The van der Waals surface area contributed by atoms with E-state index < -0.39 is 0 Å². The third-order valence-electron chi connectivity index (χ3n) is 3.63. The molecule has 1 atom stereocenters. The van der Waals surface area contributed by atoms with Crippen LogP contribution in [0.1, 0.15) is 77.6 Å². The van der Waals surface area contributed by atoms with E-state index in [4.69, 9.17) is 4.74 Å². The van der Waals surface area contributed by atoms with Gasteiger partial charge in [-0.2, -0.15) is 0 Å². The van der Waals surface area contributed by atoms with Crippen LogP contribution in [-0.4, -0.2) is 31.0 Å². The summed E-state index contributed by atoms with van der Waals surface area (Å²) in [6.45, 7) is 3.67. The maximum absolute atomic E-state index is 11.6. The molecule has 0 spiro atoms. The molecule has 1 N–H and O–H groups in total. The number of carbonyl (C=O) groups excluding carboxylic acids is 1. The van der Waals surface area contributed by atoms with Crippen molar-refractivity contribution >= 4 is 21.8 Å². The minimum atomic E-state index is 0.190. The van der Waals surface area contributed by atoms with Crippen molar-refractivity contribution in [1.29, 1.82) is 0 Å². The molecule has 0 heterocycles. The van der Waals surface area contributed by atoms with E-state index in [0.29, 0.717) is 17.9 Å². The van der Waals surface area contributed by atoms with Gasteiger partial charge in [0.2, 0.25) is 5.91 Å². The van der Waals surface area contributed by atoms with Crippen molar-refractivity contribution in [2.24, 2.45) is 0 Å². The Balaban J connectivity index is 3.23. The smallest absolute Gasteiger partial charge is 0.219 e. The van der Waals surface area contributed by atoms with Crippen LogP contribution < -0.4 is 5.32 Å². The molecule has 0 aromatic rings. The molecule has 0 aliphatic heterocycles. The summed E-state index contributed by atoms with van der Waals surface area (Å²) in [5.41, 5.74) is 0. The van der Waals surface area contributed by atoms with E-state index in [1.165, 1.54) is 51.4 Å². The van der Waals surface area contributed by atoms with Gasteiger partial charge in [-0.15, -0.1) is 0 Å². The molecule has 0 rings (SSSR count). The van der Waals surface area contributed by atoms with Crippen molar-refractivity contribution in [2.75, 3.05) is 20.3 Å². The summed E-state index contributed by atoms with van der Waals surface area (Å²) in [5, 5.41) is 2.97. The van der Waals surface area contributed by atoms with Crippen molar-refractivity contribution in [3.63, 3.8) is 0 Å². The van der Waals surface area contributed by atoms with Gasteiger partial charge in [-0.05, 0) is 12.8 Å². The van der Waals surface area contributed by atoms with E-state index in [0.717, 1.165) is 19.4 Å². The SMILES string of the molecule is CCCCCCCCCCCC(=O)NCCC(Br)COC. The maximum atomic E-state index is 11.6. The zero-order valence-electron chi connectivity index (χ0n) is 14.0. The molecule has 0 aromatic carbocycles. The van der Waals surface area contributed by atoms with Crippen LogP contribution in [0.5, 0.6) is 0 Å². The molecule has 0 aromatic heterocycles. The predicted octanol–water partition coefficient (Wildman–Crippen LogP) is 4.82. The summed E-state index contributed by atoms with van der Waals surface area (Å²) in [6.07, 6.45) is 13.2. The molecule has 0 aliphatic rings. The van der Waals surface area contributed by atoms with E-state index in [1.54, 1.807) is 7.11 Å². The molecule has 0 bridgehead atoms. The van der Waals surface area contributed by atoms with Gasteiger partial charge in [-0.3, -0.25) is 4.79 Å². The first-order valence-corrected chi connectivity index (χ1v) is 9.52. The minimum absolute atomic E-state index is 0.190. The molecule has 0 fully saturated rings. The Bertz CT molecular complexity index is 237. The van der Waals surface area contributed by atoms with E-state index in [-0.39, 0.29) is 5.91 Å². The highest BCUT2D eigenvalue weighted by Crippen LogP contribution is 2.10. The zero-order chi connectivity index (χ0) is 15.8. The van der Waals surface area contributed by atoms with Crippen LogP contribution in [0.25, 0.3) is 0 Å². The fraction of sp³-hybridized carbons (Fsp3) is 0.941. The molecule has 126 valence electrons. The summed E-state index contributed by atoms with van der Waals surface area (Å²) >= 11 is 3.52. The van der Waals surface area contributed by atoms with Gasteiger partial charge in [0, 0.05) is 24.9 Å². The third kappa shape index (κ3) is 16.1. The van der Waals surface area contributed by atoms with Crippen LogP contribution in [0, 0.1) is 0 Å². The van der Waals surface area contributed by atoms with Gasteiger partial charge in [0.25, 0.3) is 0 Å². The summed E-state index contributed by atoms with van der Waals surface area (Å²) in [7, 11) is 1.69. The number of amides is 1. The number of nitrogens with one attached hydrogen (secondary N) is 1. The number of halogens is 1. The van der Waals surface area contributed by atoms with Gasteiger partial charge in [0.15, 0.2) is 0 Å². The Morgan fingerprint density at radius 1 is 1.05 bits per heavy atom. The number of rotatable bonds is 15. The summed E-state index contributed by atoms with van der Waals surface area (Å²) < 4.78 is 5.03. The molecule has 0 saturated heterocycles. The molecule has 3 nitrogen and oxygen atoms in total. The van der Waals surface area contributed by atoms with E-state index in [1.807, 2.05) is 0 Å². The number of unbranched alkanes of at least 4 members (excludes halogenated alkanes) is 8. The number of hydrogen-bond donors (Lipinski definition) is 1. The Hall–Kier alpha value is -0.0900. The molecule has 0 aliphatic carbocycles. The second-order valence-corrected chi connectivity index (χ2v) is 7.06. The lowest BCUT2D eigenvalue weighted by Gasteiger charge is -2.09. The summed E-state index contributed by atoms with van der Waals surface area (Å²) in [4.78, 5) is 12.0. The van der Waals surface area contributed by atoms with Crippen molar-refractivity contribution < 1.29 is 9.53 Å². The number of hydrogen-bond acceptors (Lipinski definition) is 2. The fourth-order valence-electron chi connectivity index (χ4n) is 2.32. The molecular weight excluding hydrogens is 330 g/mol. The molecule has 1 unspecified atom stereocenters. The van der Waals surface area contributed by atoms with E-state index >= 15 is 0 Å². The average Bonchev–Trinajstić information content (AvgIpc) is 2.46. The first-order chi connectivity index (χ1) is 10.2. The second kappa shape index (κ2) is 16.3. The lowest BCUT2D eigenvalue weighted by Crippen LogP contribution is -2.26. The Kier molecular flexibility index (Phi) is 16.2. The van der Waals surface area contributed by atoms with Crippen molar-refractivity contribution in [1.82, 2.24) is 5.32 Å². The van der Waals surface area contributed by atoms with Crippen LogP contribution >= 0.6 is 15.9 Å². The standard InChI is InChI=1S/C17H34BrNO2/c1-3-4-5-6-7-8-9-10-11-12-17(20)19-14-13-16(18)15-21-2/h16H,3-15H2,1-2H3,(H,19,20).